The van der Waals surface area contributed by atoms with Crippen LogP contribution < -0.4 is 14.5 Å². The van der Waals surface area contributed by atoms with Crippen molar-refractivity contribution in [2.45, 2.75) is 31.2 Å². The molecule has 1 fully saturated rings. The van der Waals surface area contributed by atoms with Gasteiger partial charge in [-0.1, -0.05) is 24.3 Å². The summed E-state index contributed by atoms with van der Waals surface area (Å²) in [5.74, 6) is -0.664. The first kappa shape index (κ1) is 29.7. The first-order chi connectivity index (χ1) is 19.6. The minimum atomic E-state index is -4.59. The van der Waals surface area contributed by atoms with Crippen molar-refractivity contribution in [3.05, 3.63) is 89.5 Å². The van der Waals surface area contributed by atoms with E-state index in [9.17, 15) is 22.8 Å². The van der Waals surface area contributed by atoms with E-state index in [1.807, 2.05) is 0 Å². The van der Waals surface area contributed by atoms with Gasteiger partial charge in [-0.2, -0.15) is 13.2 Å². The smallest absolute Gasteiger partial charge is 0.416 e. The monoisotopic (exact) mass is 573 g/mol. The number of ether oxygens (including phenoxy) is 4. The number of benzene rings is 3. The normalized spacial score (nSPS) is 18.7. The molecular formula is C30H30F3NO7. The number of hydrogen-bond acceptors (Lipinski definition) is 8. The largest absolute Gasteiger partial charge is 0.497 e. The summed E-state index contributed by atoms with van der Waals surface area (Å²) in [6.07, 6.45) is -5.19. The number of hydrogen-bond donors (Lipinski definition) is 0. The summed E-state index contributed by atoms with van der Waals surface area (Å²) in [6.45, 7) is 0. The Labute approximate surface area is 235 Å². The highest BCUT2D eigenvalue weighted by Crippen LogP contribution is 2.52. The summed E-state index contributed by atoms with van der Waals surface area (Å²) in [4.78, 5) is 33.8. The number of carbonyl (C=O) groups is 2. The van der Waals surface area contributed by atoms with E-state index in [4.69, 9.17) is 23.8 Å². The number of anilines is 1. The summed E-state index contributed by atoms with van der Waals surface area (Å²) < 4.78 is 61.2. The fourth-order valence-corrected chi connectivity index (χ4v) is 5.08. The number of rotatable bonds is 7. The predicted octanol–water partition coefficient (Wildman–Crippen LogP) is 6.07. The van der Waals surface area contributed by atoms with Crippen molar-refractivity contribution in [3.63, 3.8) is 0 Å². The van der Waals surface area contributed by atoms with Gasteiger partial charge in [-0.15, -0.1) is 0 Å². The second-order valence-corrected chi connectivity index (χ2v) is 9.41. The molecule has 0 aliphatic carbocycles. The van der Waals surface area contributed by atoms with E-state index < -0.39 is 41.2 Å². The molecule has 0 unspecified atom stereocenters. The van der Waals surface area contributed by atoms with Crippen LogP contribution in [-0.2, 0) is 30.1 Å². The molecule has 4 rings (SSSR count). The SMILES string of the molecule is COC(=O)C1(C(=O)OC)CC[C@H](c2ccc(OC)cc2)ON(c2ccc(OC)cc2)[C@@H]1c1ccc(C(F)(F)F)cc1. The number of halogens is 3. The van der Waals surface area contributed by atoms with Gasteiger partial charge in [0.05, 0.1) is 39.7 Å². The molecule has 0 bridgehead atoms. The lowest BCUT2D eigenvalue weighted by atomic mass is 9.72. The van der Waals surface area contributed by atoms with E-state index in [0.29, 0.717) is 17.2 Å². The lowest BCUT2D eigenvalue weighted by Crippen LogP contribution is -2.51. The first-order valence-electron chi connectivity index (χ1n) is 12.7. The molecule has 0 N–H and O–H groups in total. The Morgan fingerprint density at radius 2 is 1.27 bits per heavy atom. The van der Waals surface area contributed by atoms with Gasteiger partial charge < -0.3 is 18.9 Å². The van der Waals surface area contributed by atoms with Gasteiger partial charge in [0.2, 0.25) is 0 Å². The average molecular weight is 574 g/mol. The maximum atomic E-state index is 13.6. The maximum Gasteiger partial charge on any atom is 0.416 e. The van der Waals surface area contributed by atoms with E-state index in [2.05, 4.69) is 0 Å². The number of nitrogens with zero attached hydrogens (tertiary/aromatic N) is 1. The summed E-state index contributed by atoms with van der Waals surface area (Å²) >= 11 is 0. The molecular weight excluding hydrogens is 543 g/mol. The van der Waals surface area contributed by atoms with E-state index in [1.54, 1.807) is 48.5 Å². The van der Waals surface area contributed by atoms with Crippen molar-refractivity contribution >= 4 is 17.6 Å². The van der Waals surface area contributed by atoms with Crippen LogP contribution in [0.5, 0.6) is 11.5 Å². The number of esters is 2. The van der Waals surface area contributed by atoms with Crippen LogP contribution in [0, 0.1) is 5.41 Å². The first-order valence-corrected chi connectivity index (χ1v) is 12.7. The van der Waals surface area contributed by atoms with Crippen molar-refractivity contribution in [3.8, 4) is 11.5 Å². The minimum Gasteiger partial charge on any atom is -0.497 e. The van der Waals surface area contributed by atoms with Crippen molar-refractivity contribution in [1.82, 2.24) is 0 Å². The van der Waals surface area contributed by atoms with Crippen LogP contribution in [0.3, 0.4) is 0 Å². The molecule has 2 atom stereocenters. The zero-order chi connectivity index (χ0) is 29.8. The molecule has 0 aromatic heterocycles. The van der Waals surface area contributed by atoms with Crippen molar-refractivity contribution < 1.29 is 46.5 Å². The highest BCUT2D eigenvalue weighted by molar-refractivity contribution is 6.01. The Balaban J connectivity index is 1.97. The molecule has 3 aromatic carbocycles. The molecule has 1 saturated heterocycles. The molecule has 1 aliphatic heterocycles. The maximum absolute atomic E-state index is 13.6. The third-order valence-electron chi connectivity index (χ3n) is 7.21. The average Bonchev–Trinajstić information content (AvgIpc) is 3.18. The number of alkyl halides is 3. The zero-order valence-electron chi connectivity index (χ0n) is 22.9. The molecule has 0 saturated carbocycles. The van der Waals surface area contributed by atoms with E-state index in [-0.39, 0.29) is 18.4 Å². The molecule has 0 amide bonds. The highest BCUT2D eigenvalue weighted by Gasteiger charge is 2.59. The van der Waals surface area contributed by atoms with Crippen LogP contribution in [0.4, 0.5) is 18.9 Å². The van der Waals surface area contributed by atoms with Crippen LogP contribution in [0.2, 0.25) is 0 Å². The standard InChI is InChI=1S/C30H30F3NO7/c1-37-23-13-7-19(8-14-23)25-17-18-29(27(35)39-3,28(36)40-4)26(20-5-9-21(10-6-20)30(31,32)33)34(41-25)22-11-15-24(38-2)16-12-22/h5-16,25-26H,17-18H2,1-4H3/t25-,26-/m1/s1. The van der Waals surface area contributed by atoms with Crippen LogP contribution in [0.25, 0.3) is 0 Å². The van der Waals surface area contributed by atoms with Gasteiger partial charge in [-0.05, 0) is 72.5 Å². The van der Waals surface area contributed by atoms with E-state index >= 15 is 0 Å². The minimum absolute atomic E-state index is 0.0958. The van der Waals surface area contributed by atoms with E-state index in [0.717, 1.165) is 31.9 Å². The Kier molecular flexibility index (Phi) is 8.77. The van der Waals surface area contributed by atoms with Crippen LogP contribution in [0.1, 0.15) is 41.7 Å². The fraction of sp³-hybridized carbons (Fsp3) is 0.333. The molecule has 41 heavy (non-hydrogen) atoms. The number of carbonyl (C=O) groups excluding carboxylic acids is 2. The second kappa shape index (κ2) is 12.1. The van der Waals surface area contributed by atoms with Gasteiger partial charge in [0, 0.05) is 0 Å². The molecule has 1 aliphatic rings. The van der Waals surface area contributed by atoms with Gasteiger partial charge >= 0.3 is 18.1 Å². The Bertz CT molecular complexity index is 1330. The van der Waals surface area contributed by atoms with Gasteiger partial charge in [-0.3, -0.25) is 14.4 Å². The molecule has 218 valence electrons. The lowest BCUT2D eigenvalue weighted by Gasteiger charge is -2.40. The summed E-state index contributed by atoms with van der Waals surface area (Å²) in [7, 11) is 5.32. The van der Waals surface area contributed by atoms with Crippen LogP contribution in [-0.4, -0.2) is 40.4 Å². The van der Waals surface area contributed by atoms with Gasteiger partial charge in [-0.25, -0.2) is 5.06 Å². The topological polar surface area (TPSA) is 83.5 Å². The third-order valence-corrected chi connectivity index (χ3v) is 7.21. The van der Waals surface area contributed by atoms with Crippen LogP contribution in [0.15, 0.2) is 72.8 Å². The highest BCUT2D eigenvalue weighted by atomic mass is 19.4. The second-order valence-electron chi connectivity index (χ2n) is 9.41. The Morgan fingerprint density at radius 1 is 0.780 bits per heavy atom. The predicted molar refractivity (Wildman–Crippen MR) is 142 cm³/mol. The third kappa shape index (κ3) is 5.81. The molecule has 11 heteroatoms. The zero-order valence-corrected chi connectivity index (χ0v) is 22.9. The number of hydroxylamine groups is 1. The molecule has 0 radical (unpaired) electrons. The van der Waals surface area contributed by atoms with Gasteiger partial charge in [0.15, 0.2) is 5.41 Å². The van der Waals surface area contributed by atoms with Crippen molar-refractivity contribution in [2.24, 2.45) is 5.41 Å². The van der Waals surface area contributed by atoms with Crippen LogP contribution >= 0.6 is 0 Å². The summed E-state index contributed by atoms with van der Waals surface area (Å²) in [5.41, 5.74) is -1.55. The Hall–Kier alpha value is -4.25. The molecule has 0 spiro atoms. The molecule has 1 heterocycles. The van der Waals surface area contributed by atoms with E-state index in [1.165, 1.54) is 31.4 Å². The van der Waals surface area contributed by atoms with Gasteiger partial charge in [0.25, 0.3) is 0 Å². The Morgan fingerprint density at radius 3 is 1.73 bits per heavy atom. The molecule has 8 nitrogen and oxygen atoms in total. The molecule has 3 aromatic rings. The number of methoxy groups -OCH3 is 4. The summed E-state index contributed by atoms with van der Waals surface area (Å²) in [5, 5.41) is 1.37. The van der Waals surface area contributed by atoms with Crippen molar-refractivity contribution in [2.75, 3.05) is 33.5 Å². The lowest BCUT2D eigenvalue weighted by molar-refractivity contribution is -0.172. The fourth-order valence-electron chi connectivity index (χ4n) is 5.08. The quantitative estimate of drug-likeness (QED) is 0.249. The van der Waals surface area contributed by atoms with Gasteiger partial charge in [0.1, 0.15) is 23.6 Å². The van der Waals surface area contributed by atoms with Crippen molar-refractivity contribution in [1.29, 1.82) is 0 Å². The summed E-state index contributed by atoms with van der Waals surface area (Å²) in [6, 6.07) is 16.7.